The average Bonchev–Trinajstić information content (AvgIpc) is 3.19. The predicted octanol–water partition coefficient (Wildman–Crippen LogP) is 3.02. The van der Waals surface area contributed by atoms with Gasteiger partial charge in [-0.25, -0.2) is 4.79 Å². The molecule has 26 heavy (non-hydrogen) atoms. The first-order valence-corrected chi connectivity index (χ1v) is 8.94. The smallest absolute Gasteiger partial charge is 0.335 e. The molecule has 1 heterocycles. The molecule has 1 spiro atoms. The number of methoxy groups -OCH3 is 1. The lowest BCUT2D eigenvalue weighted by Gasteiger charge is -2.54. The number of rotatable bonds is 4. The van der Waals surface area contributed by atoms with E-state index < -0.39 is 11.6 Å². The molecule has 2 atom stereocenters. The van der Waals surface area contributed by atoms with Gasteiger partial charge in [0.05, 0.1) is 18.3 Å². The van der Waals surface area contributed by atoms with Crippen LogP contribution in [0.5, 0.6) is 5.75 Å². The molecule has 3 N–H and O–H groups in total. The van der Waals surface area contributed by atoms with Crippen molar-refractivity contribution in [2.45, 2.75) is 24.9 Å². The van der Waals surface area contributed by atoms with Crippen LogP contribution in [-0.2, 0) is 5.60 Å². The maximum absolute atomic E-state index is 11.3. The molecule has 0 radical (unpaired) electrons. The number of hydrogen-bond acceptors (Lipinski definition) is 4. The lowest BCUT2D eigenvalue weighted by atomic mass is 9.53. The predicted molar refractivity (Wildman–Crippen MR) is 98.4 cm³/mol. The number of nitrogens with one attached hydrogen (secondary N) is 1. The molecule has 4 rings (SSSR count). The Morgan fingerprint density at radius 3 is 2.42 bits per heavy atom. The van der Waals surface area contributed by atoms with E-state index >= 15 is 0 Å². The Labute approximate surface area is 152 Å². The van der Waals surface area contributed by atoms with Crippen LogP contribution in [0.1, 0.15) is 35.2 Å². The highest BCUT2D eigenvalue weighted by Crippen LogP contribution is 2.59. The largest absolute Gasteiger partial charge is 0.496 e. The molecule has 5 heteroatoms. The molecular formula is C21H23NO4. The fraction of sp³-hybridized carbons (Fsp3) is 0.381. The molecule has 1 saturated heterocycles. The molecule has 5 nitrogen and oxygen atoms in total. The molecule has 136 valence electrons. The summed E-state index contributed by atoms with van der Waals surface area (Å²) in [5, 5.41) is 23.9. The number of aliphatic hydroxyl groups is 1. The summed E-state index contributed by atoms with van der Waals surface area (Å²) in [6, 6.07) is 12.6. The number of benzene rings is 2. The Morgan fingerprint density at radius 2 is 1.88 bits per heavy atom. The Balaban J connectivity index is 1.69. The van der Waals surface area contributed by atoms with Crippen LogP contribution in [0.25, 0.3) is 11.1 Å². The molecule has 1 aliphatic heterocycles. The number of carboxylic acid groups (broad SMARTS) is 1. The number of carbonyl (C=O) groups is 1. The number of hydrogen-bond donors (Lipinski definition) is 3. The molecule has 2 aliphatic rings. The van der Waals surface area contributed by atoms with Crippen LogP contribution >= 0.6 is 0 Å². The van der Waals surface area contributed by atoms with E-state index in [1.165, 1.54) is 6.07 Å². The summed E-state index contributed by atoms with van der Waals surface area (Å²) in [7, 11) is 1.57. The molecule has 2 aromatic carbocycles. The van der Waals surface area contributed by atoms with Crippen LogP contribution in [0.2, 0.25) is 0 Å². The van der Waals surface area contributed by atoms with Crippen LogP contribution in [0, 0.1) is 5.41 Å². The van der Waals surface area contributed by atoms with Gasteiger partial charge >= 0.3 is 5.97 Å². The number of aromatic carboxylic acids is 1. The minimum Gasteiger partial charge on any atom is -0.496 e. The SMILES string of the molecule is COc1ccc(C(=O)O)cc1-c1ccc(C2(O)CCC23CCNC3)cc1. The van der Waals surface area contributed by atoms with E-state index in [-0.39, 0.29) is 11.0 Å². The summed E-state index contributed by atoms with van der Waals surface area (Å²) in [5.74, 6) is -0.341. The van der Waals surface area contributed by atoms with Gasteiger partial charge in [0.2, 0.25) is 0 Å². The van der Waals surface area contributed by atoms with Crippen LogP contribution in [0.15, 0.2) is 42.5 Å². The van der Waals surface area contributed by atoms with Gasteiger partial charge in [-0.05, 0) is 55.1 Å². The zero-order valence-electron chi connectivity index (χ0n) is 14.8. The Kier molecular flexibility index (Phi) is 4.01. The summed E-state index contributed by atoms with van der Waals surface area (Å²) in [6.07, 6.45) is 2.83. The third-order valence-electron chi connectivity index (χ3n) is 6.21. The van der Waals surface area contributed by atoms with Gasteiger partial charge in [0.25, 0.3) is 0 Å². The molecule has 0 bridgehead atoms. The van der Waals surface area contributed by atoms with Gasteiger partial charge in [0, 0.05) is 17.5 Å². The Bertz CT molecular complexity index is 840. The standard InChI is InChI=1S/C21H23NO4/c1-26-18-7-4-15(19(23)24)12-17(18)14-2-5-16(6-3-14)21(25)9-8-20(21)10-11-22-13-20/h2-7,12,22,25H,8-11,13H2,1H3,(H,23,24). The second-order valence-corrected chi connectivity index (χ2v) is 7.36. The molecule has 0 amide bonds. The summed E-state index contributed by atoms with van der Waals surface area (Å²) in [4.78, 5) is 11.3. The quantitative estimate of drug-likeness (QED) is 0.787. The minimum atomic E-state index is -0.968. The minimum absolute atomic E-state index is 0.0462. The first-order chi connectivity index (χ1) is 12.5. The molecule has 2 unspecified atom stereocenters. The fourth-order valence-corrected chi connectivity index (χ4v) is 4.47. The van der Waals surface area contributed by atoms with Crippen LogP contribution < -0.4 is 10.1 Å². The van der Waals surface area contributed by atoms with E-state index in [0.29, 0.717) is 5.75 Å². The van der Waals surface area contributed by atoms with Crippen LogP contribution in [0.4, 0.5) is 0 Å². The highest BCUT2D eigenvalue weighted by atomic mass is 16.5. The van der Waals surface area contributed by atoms with Crippen molar-refractivity contribution >= 4 is 5.97 Å². The normalized spacial score (nSPS) is 27.3. The first kappa shape index (κ1) is 17.1. The van der Waals surface area contributed by atoms with Gasteiger partial charge in [-0.2, -0.15) is 0 Å². The molecular weight excluding hydrogens is 330 g/mol. The average molecular weight is 353 g/mol. The second-order valence-electron chi connectivity index (χ2n) is 7.36. The summed E-state index contributed by atoms with van der Waals surface area (Å²) < 4.78 is 5.39. The molecule has 2 fully saturated rings. The van der Waals surface area contributed by atoms with E-state index in [9.17, 15) is 15.0 Å². The van der Waals surface area contributed by atoms with Crippen molar-refractivity contribution in [3.8, 4) is 16.9 Å². The van der Waals surface area contributed by atoms with Gasteiger partial charge in [-0.3, -0.25) is 0 Å². The lowest BCUT2D eigenvalue weighted by molar-refractivity contribution is -0.165. The maximum Gasteiger partial charge on any atom is 0.335 e. The van der Waals surface area contributed by atoms with Gasteiger partial charge in [-0.15, -0.1) is 0 Å². The molecule has 1 saturated carbocycles. The van der Waals surface area contributed by atoms with E-state index in [0.717, 1.165) is 49.0 Å². The molecule has 1 aliphatic carbocycles. The highest BCUT2D eigenvalue weighted by molar-refractivity contribution is 5.90. The van der Waals surface area contributed by atoms with Gasteiger partial charge < -0.3 is 20.3 Å². The van der Waals surface area contributed by atoms with Crippen LogP contribution in [-0.4, -0.2) is 36.4 Å². The molecule has 0 aromatic heterocycles. The third-order valence-corrected chi connectivity index (χ3v) is 6.21. The second kappa shape index (κ2) is 6.11. The molecule has 2 aromatic rings. The number of carboxylic acids is 1. The first-order valence-electron chi connectivity index (χ1n) is 8.94. The zero-order chi connectivity index (χ0) is 18.4. The Hall–Kier alpha value is -2.37. The zero-order valence-corrected chi connectivity index (χ0v) is 14.8. The van der Waals surface area contributed by atoms with E-state index in [1.807, 2.05) is 24.3 Å². The lowest BCUT2D eigenvalue weighted by Crippen LogP contribution is -2.55. The van der Waals surface area contributed by atoms with Crippen molar-refractivity contribution in [2.75, 3.05) is 20.2 Å². The highest BCUT2D eigenvalue weighted by Gasteiger charge is 2.59. The fourth-order valence-electron chi connectivity index (χ4n) is 4.47. The van der Waals surface area contributed by atoms with E-state index in [2.05, 4.69) is 5.32 Å². The van der Waals surface area contributed by atoms with Crippen molar-refractivity contribution < 1.29 is 19.7 Å². The van der Waals surface area contributed by atoms with E-state index in [4.69, 9.17) is 4.74 Å². The maximum atomic E-state index is 11.3. The monoisotopic (exact) mass is 353 g/mol. The third kappa shape index (κ3) is 2.42. The Morgan fingerprint density at radius 1 is 1.12 bits per heavy atom. The summed E-state index contributed by atoms with van der Waals surface area (Å²) in [5.41, 5.74) is 1.94. The van der Waals surface area contributed by atoms with Crippen molar-refractivity contribution in [2.24, 2.45) is 5.41 Å². The number of ether oxygens (including phenoxy) is 1. The van der Waals surface area contributed by atoms with Crippen molar-refractivity contribution in [3.05, 3.63) is 53.6 Å². The summed E-state index contributed by atoms with van der Waals surface area (Å²) >= 11 is 0. The van der Waals surface area contributed by atoms with Gasteiger partial charge in [0.15, 0.2) is 0 Å². The van der Waals surface area contributed by atoms with Crippen LogP contribution in [0.3, 0.4) is 0 Å². The van der Waals surface area contributed by atoms with Gasteiger partial charge in [0.1, 0.15) is 5.75 Å². The van der Waals surface area contributed by atoms with E-state index in [1.54, 1.807) is 19.2 Å². The van der Waals surface area contributed by atoms with Crippen molar-refractivity contribution in [1.29, 1.82) is 0 Å². The van der Waals surface area contributed by atoms with Crippen molar-refractivity contribution in [1.82, 2.24) is 5.32 Å². The van der Waals surface area contributed by atoms with Gasteiger partial charge in [-0.1, -0.05) is 24.3 Å². The van der Waals surface area contributed by atoms with Crippen molar-refractivity contribution in [3.63, 3.8) is 0 Å². The topological polar surface area (TPSA) is 78.8 Å². The summed E-state index contributed by atoms with van der Waals surface area (Å²) in [6.45, 7) is 1.82.